The number of likely N-dealkylation sites (N-methyl/N-ethyl adjacent to an activating group) is 1. The molecule has 0 spiro atoms. The minimum Gasteiger partial charge on any atom is -0.480 e. The Morgan fingerprint density at radius 2 is 2.04 bits per heavy atom. The highest BCUT2D eigenvalue weighted by Gasteiger charge is 2.25. The van der Waals surface area contributed by atoms with Crippen LogP contribution < -0.4 is 0 Å². The summed E-state index contributed by atoms with van der Waals surface area (Å²) in [5.74, 6) is -0.735. The zero-order chi connectivity index (χ0) is 16.9. The Morgan fingerprint density at radius 3 is 2.75 bits per heavy atom. The second-order valence-electron chi connectivity index (χ2n) is 6.46. The standard InChI is InChI=1S/C19H25N3O2/c1-2-22(14-18(23)24)17-8-11-21(12-9-17)13-16-6-3-5-15-7-4-10-20-19(15)16/h3-7,10,17H,2,8-9,11-14H2,1H3,(H,23,24). The molecule has 1 N–H and O–H groups in total. The molecule has 2 aromatic rings. The molecule has 0 bridgehead atoms. The van der Waals surface area contributed by atoms with Crippen molar-refractivity contribution in [1.29, 1.82) is 0 Å². The summed E-state index contributed by atoms with van der Waals surface area (Å²) < 4.78 is 0. The largest absolute Gasteiger partial charge is 0.480 e. The highest BCUT2D eigenvalue weighted by molar-refractivity contribution is 5.81. The molecule has 1 aromatic carbocycles. The normalized spacial score (nSPS) is 16.8. The lowest BCUT2D eigenvalue weighted by Gasteiger charge is -2.37. The van der Waals surface area contributed by atoms with E-state index in [-0.39, 0.29) is 6.54 Å². The molecule has 0 radical (unpaired) electrons. The molecule has 0 saturated carbocycles. The van der Waals surface area contributed by atoms with Crippen LogP contribution in [0.3, 0.4) is 0 Å². The first-order chi connectivity index (χ1) is 11.7. The van der Waals surface area contributed by atoms with Crippen LogP contribution in [0.15, 0.2) is 36.5 Å². The van der Waals surface area contributed by atoms with E-state index in [2.05, 4.69) is 39.0 Å². The molecular weight excluding hydrogens is 302 g/mol. The lowest BCUT2D eigenvalue weighted by atomic mass is 10.0. The lowest BCUT2D eigenvalue weighted by molar-refractivity contribution is -0.139. The van der Waals surface area contributed by atoms with Gasteiger partial charge in [-0.1, -0.05) is 31.2 Å². The van der Waals surface area contributed by atoms with E-state index in [9.17, 15) is 4.79 Å². The van der Waals surface area contributed by atoms with Crippen LogP contribution in [0.5, 0.6) is 0 Å². The number of aliphatic carboxylic acids is 1. The van der Waals surface area contributed by atoms with Crippen molar-refractivity contribution in [3.63, 3.8) is 0 Å². The maximum atomic E-state index is 11.0. The molecule has 0 amide bonds. The number of piperidine rings is 1. The van der Waals surface area contributed by atoms with Crippen LogP contribution in [0.25, 0.3) is 10.9 Å². The average molecular weight is 327 g/mol. The van der Waals surface area contributed by atoms with Crippen molar-refractivity contribution in [3.05, 3.63) is 42.1 Å². The van der Waals surface area contributed by atoms with Gasteiger partial charge in [-0.25, -0.2) is 0 Å². The van der Waals surface area contributed by atoms with Gasteiger partial charge in [0.05, 0.1) is 12.1 Å². The lowest BCUT2D eigenvalue weighted by Crippen LogP contribution is -2.46. The summed E-state index contributed by atoms with van der Waals surface area (Å²) in [5, 5.41) is 10.2. The van der Waals surface area contributed by atoms with Gasteiger partial charge in [-0.15, -0.1) is 0 Å². The molecule has 1 aromatic heterocycles. The summed E-state index contributed by atoms with van der Waals surface area (Å²) in [6.45, 7) is 5.90. The summed E-state index contributed by atoms with van der Waals surface area (Å²) >= 11 is 0. The van der Waals surface area contributed by atoms with Crippen LogP contribution in [-0.2, 0) is 11.3 Å². The topological polar surface area (TPSA) is 56.7 Å². The van der Waals surface area contributed by atoms with Crippen molar-refractivity contribution in [2.45, 2.75) is 32.4 Å². The Morgan fingerprint density at radius 1 is 1.29 bits per heavy atom. The van der Waals surface area contributed by atoms with Crippen LogP contribution in [0.1, 0.15) is 25.3 Å². The Labute approximate surface area is 142 Å². The van der Waals surface area contributed by atoms with Crippen molar-refractivity contribution < 1.29 is 9.90 Å². The third-order valence-electron chi connectivity index (χ3n) is 4.93. The number of carboxylic acids is 1. The van der Waals surface area contributed by atoms with E-state index in [1.165, 1.54) is 10.9 Å². The Bertz CT molecular complexity index is 691. The first kappa shape index (κ1) is 16.9. The molecule has 5 heteroatoms. The SMILES string of the molecule is CCN(CC(=O)O)C1CCN(Cc2cccc3cccnc23)CC1. The molecule has 1 saturated heterocycles. The highest BCUT2D eigenvalue weighted by Crippen LogP contribution is 2.21. The van der Waals surface area contributed by atoms with Gasteiger partial charge in [-0.05, 0) is 44.1 Å². The quantitative estimate of drug-likeness (QED) is 0.884. The number of pyridine rings is 1. The van der Waals surface area contributed by atoms with Gasteiger partial charge in [0.2, 0.25) is 0 Å². The zero-order valence-electron chi connectivity index (χ0n) is 14.2. The second-order valence-corrected chi connectivity index (χ2v) is 6.46. The number of hydrogen-bond donors (Lipinski definition) is 1. The summed E-state index contributed by atoms with van der Waals surface area (Å²) in [6.07, 6.45) is 3.90. The van der Waals surface area contributed by atoms with E-state index < -0.39 is 5.97 Å². The summed E-state index contributed by atoms with van der Waals surface area (Å²) in [5.41, 5.74) is 2.35. The summed E-state index contributed by atoms with van der Waals surface area (Å²) in [7, 11) is 0. The van der Waals surface area contributed by atoms with Crippen LogP contribution in [0.4, 0.5) is 0 Å². The Hall–Kier alpha value is -1.98. The Kier molecular flexibility index (Phi) is 5.43. The molecule has 2 heterocycles. The monoisotopic (exact) mass is 327 g/mol. The van der Waals surface area contributed by atoms with Gasteiger partial charge in [-0.2, -0.15) is 0 Å². The number of benzene rings is 1. The van der Waals surface area contributed by atoms with Gasteiger partial charge >= 0.3 is 5.97 Å². The number of aromatic nitrogens is 1. The molecule has 3 rings (SSSR count). The van der Waals surface area contributed by atoms with Crippen molar-refractivity contribution in [2.24, 2.45) is 0 Å². The van der Waals surface area contributed by atoms with Gasteiger partial charge in [-0.3, -0.25) is 19.6 Å². The fraction of sp³-hybridized carbons (Fsp3) is 0.474. The summed E-state index contributed by atoms with van der Waals surface area (Å²) in [6, 6.07) is 10.8. The molecule has 0 aliphatic carbocycles. The number of nitrogens with zero attached hydrogens (tertiary/aromatic N) is 3. The summed E-state index contributed by atoms with van der Waals surface area (Å²) in [4.78, 5) is 20.1. The number of fused-ring (bicyclic) bond motifs is 1. The Balaban J connectivity index is 1.62. The van der Waals surface area contributed by atoms with Crippen molar-refractivity contribution >= 4 is 16.9 Å². The second kappa shape index (κ2) is 7.73. The number of rotatable bonds is 6. The van der Waals surface area contributed by atoms with Gasteiger partial charge in [0.1, 0.15) is 0 Å². The molecular formula is C19H25N3O2. The number of para-hydroxylation sites is 1. The molecule has 1 fully saturated rings. The first-order valence-electron chi connectivity index (χ1n) is 8.68. The van der Waals surface area contributed by atoms with E-state index >= 15 is 0 Å². The average Bonchev–Trinajstić information content (AvgIpc) is 2.61. The zero-order valence-corrected chi connectivity index (χ0v) is 14.2. The molecule has 1 aliphatic heterocycles. The number of carboxylic acid groups (broad SMARTS) is 1. The van der Waals surface area contributed by atoms with Gasteiger partial charge in [0.15, 0.2) is 0 Å². The van der Waals surface area contributed by atoms with E-state index in [1.807, 2.05) is 19.2 Å². The minimum absolute atomic E-state index is 0.147. The van der Waals surface area contributed by atoms with Crippen LogP contribution in [0.2, 0.25) is 0 Å². The predicted molar refractivity (Wildman–Crippen MR) is 94.9 cm³/mol. The van der Waals surface area contributed by atoms with Crippen molar-refractivity contribution in [2.75, 3.05) is 26.2 Å². The van der Waals surface area contributed by atoms with Crippen molar-refractivity contribution in [1.82, 2.24) is 14.8 Å². The molecule has 24 heavy (non-hydrogen) atoms. The smallest absolute Gasteiger partial charge is 0.317 e. The molecule has 5 nitrogen and oxygen atoms in total. The van der Waals surface area contributed by atoms with Gasteiger partial charge in [0, 0.05) is 24.2 Å². The number of carbonyl (C=O) groups is 1. The van der Waals surface area contributed by atoms with E-state index in [0.717, 1.165) is 44.5 Å². The number of hydrogen-bond acceptors (Lipinski definition) is 4. The van der Waals surface area contributed by atoms with Crippen LogP contribution in [0, 0.1) is 0 Å². The predicted octanol–water partition coefficient (Wildman–Crippen LogP) is 2.61. The highest BCUT2D eigenvalue weighted by atomic mass is 16.4. The fourth-order valence-corrected chi connectivity index (χ4v) is 3.65. The first-order valence-corrected chi connectivity index (χ1v) is 8.68. The number of likely N-dealkylation sites (tertiary alicyclic amines) is 1. The molecule has 1 aliphatic rings. The van der Waals surface area contributed by atoms with Gasteiger partial charge < -0.3 is 5.11 Å². The fourth-order valence-electron chi connectivity index (χ4n) is 3.65. The third-order valence-corrected chi connectivity index (χ3v) is 4.93. The van der Waals surface area contributed by atoms with E-state index in [0.29, 0.717) is 6.04 Å². The van der Waals surface area contributed by atoms with Crippen LogP contribution >= 0.6 is 0 Å². The van der Waals surface area contributed by atoms with E-state index in [1.54, 1.807) is 0 Å². The van der Waals surface area contributed by atoms with Gasteiger partial charge in [0.25, 0.3) is 0 Å². The maximum Gasteiger partial charge on any atom is 0.317 e. The molecule has 0 unspecified atom stereocenters. The third kappa shape index (κ3) is 3.91. The molecule has 128 valence electrons. The van der Waals surface area contributed by atoms with E-state index in [4.69, 9.17) is 5.11 Å². The molecule has 0 atom stereocenters. The van der Waals surface area contributed by atoms with Crippen LogP contribution in [-0.4, -0.2) is 58.1 Å². The minimum atomic E-state index is -0.735. The van der Waals surface area contributed by atoms with Crippen molar-refractivity contribution in [3.8, 4) is 0 Å². The maximum absolute atomic E-state index is 11.0.